The van der Waals surface area contributed by atoms with E-state index in [-0.39, 0.29) is 16.0 Å². The summed E-state index contributed by atoms with van der Waals surface area (Å²) in [5.41, 5.74) is 0. The molecule has 6 heteroatoms. The molecule has 0 bridgehead atoms. The van der Waals surface area contributed by atoms with Crippen LogP contribution in [-0.4, -0.2) is 14.5 Å². The van der Waals surface area contributed by atoms with Crippen molar-refractivity contribution in [2.45, 2.75) is 44.1 Å². The molecule has 0 aliphatic heterocycles. The van der Waals surface area contributed by atoms with Crippen LogP contribution in [0.2, 0.25) is 5.02 Å². The first-order chi connectivity index (χ1) is 9.25. The van der Waals surface area contributed by atoms with E-state index in [0.717, 1.165) is 12.8 Å². The molecule has 3 nitrogen and oxygen atoms in total. The van der Waals surface area contributed by atoms with Gasteiger partial charge in [0.15, 0.2) is 0 Å². The molecule has 1 aromatic carbocycles. The van der Waals surface area contributed by atoms with Crippen molar-refractivity contribution >= 4 is 31.3 Å². The van der Waals surface area contributed by atoms with E-state index in [1.165, 1.54) is 18.6 Å². The van der Waals surface area contributed by atoms with E-state index in [2.05, 4.69) is 13.8 Å². The third-order valence-corrected chi connectivity index (χ3v) is 5.26. The minimum absolute atomic E-state index is 0.0121. The Kier molecular flexibility index (Phi) is 4.88. The molecule has 112 valence electrons. The number of hydrogen-bond acceptors (Lipinski definition) is 3. The van der Waals surface area contributed by atoms with Gasteiger partial charge in [-0.05, 0) is 49.3 Å². The van der Waals surface area contributed by atoms with Crippen molar-refractivity contribution in [1.29, 1.82) is 0 Å². The van der Waals surface area contributed by atoms with E-state index in [0.29, 0.717) is 17.6 Å². The van der Waals surface area contributed by atoms with Gasteiger partial charge in [0.05, 0.1) is 16.0 Å². The molecule has 1 aromatic rings. The van der Waals surface area contributed by atoms with Crippen molar-refractivity contribution in [2.75, 3.05) is 0 Å². The quantitative estimate of drug-likeness (QED) is 0.764. The van der Waals surface area contributed by atoms with Gasteiger partial charge < -0.3 is 4.74 Å². The minimum Gasteiger partial charge on any atom is -0.489 e. The third kappa shape index (κ3) is 4.03. The molecule has 2 unspecified atom stereocenters. The Morgan fingerprint density at radius 3 is 2.25 bits per heavy atom. The molecule has 0 heterocycles. The van der Waals surface area contributed by atoms with Gasteiger partial charge in [0.2, 0.25) is 0 Å². The van der Waals surface area contributed by atoms with Crippen molar-refractivity contribution in [3.63, 3.8) is 0 Å². The Bertz CT molecular complexity index is 576. The highest BCUT2D eigenvalue weighted by Gasteiger charge is 2.26. The predicted molar refractivity (Wildman–Crippen MR) is 81.1 cm³/mol. The molecule has 1 aliphatic carbocycles. The molecule has 1 saturated carbocycles. The lowest BCUT2D eigenvalue weighted by Gasteiger charge is -2.31. The normalized spacial score (nSPS) is 27.3. The minimum atomic E-state index is -3.76. The van der Waals surface area contributed by atoms with Gasteiger partial charge in [0.25, 0.3) is 9.05 Å². The van der Waals surface area contributed by atoms with Crippen LogP contribution in [0, 0.1) is 11.8 Å². The largest absolute Gasteiger partial charge is 0.489 e. The molecule has 0 radical (unpaired) electrons. The average molecular weight is 337 g/mol. The molecule has 2 rings (SSSR count). The summed E-state index contributed by atoms with van der Waals surface area (Å²) >= 11 is 6.08. The summed E-state index contributed by atoms with van der Waals surface area (Å²) in [6.07, 6.45) is 3.34. The standard InChI is InChI=1S/C14H18Cl2O3S/c1-9-5-10(2)7-11(6-9)19-14-4-3-12(8-13(14)15)20(16,17)18/h3-4,8-11H,5-7H2,1-2H3. The monoisotopic (exact) mass is 336 g/mol. The van der Waals surface area contributed by atoms with Gasteiger partial charge in [-0.1, -0.05) is 25.4 Å². The Balaban J connectivity index is 2.14. The van der Waals surface area contributed by atoms with Crippen LogP contribution in [0.1, 0.15) is 33.1 Å². The summed E-state index contributed by atoms with van der Waals surface area (Å²) in [7, 11) is 1.53. The van der Waals surface area contributed by atoms with Crippen LogP contribution in [0.5, 0.6) is 5.75 Å². The highest BCUT2D eigenvalue weighted by atomic mass is 35.7. The lowest BCUT2D eigenvalue weighted by molar-refractivity contribution is 0.101. The average Bonchev–Trinajstić information content (AvgIpc) is 2.29. The second-order valence-electron chi connectivity index (χ2n) is 5.69. The molecule has 0 aromatic heterocycles. The second-order valence-corrected chi connectivity index (χ2v) is 8.66. The molecule has 1 aliphatic rings. The predicted octanol–water partition coefficient (Wildman–Crippen LogP) is 4.47. The summed E-state index contributed by atoms with van der Waals surface area (Å²) < 4.78 is 28.4. The van der Waals surface area contributed by atoms with Gasteiger partial charge in [0, 0.05) is 10.7 Å². The maximum Gasteiger partial charge on any atom is 0.261 e. The molecule has 0 spiro atoms. The zero-order chi connectivity index (χ0) is 14.9. The molecule has 1 fully saturated rings. The lowest BCUT2D eigenvalue weighted by Crippen LogP contribution is -2.28. The lowest BCUT2D eigenvalue weighted by atomic mass is 9.82. The van der Waals surface area contributed by atoms with Crippen molar-refractivity contribution in [3.05, 3.63) is 23.2 Å². The van der Waals surface area contributed by atoms with Crippen LogP contribution in [0.15, 0.2) is 23.1 Å². The highest BCUT2D eigenvalue weighted by Crippen LogP contribution is 2.34. The number of rotatable bonds is 3. The zero-order valence-electron chi connectivity index (χ0n) is 11.5. The fourth-order valence-corrected chi connectivity index (χ4v) is 3.94. The molecule has 20 heavy (non-hydrogen) atoms. The van der Waals surface area contributed by atoms with Gasteiger partial charge in [-0.15, -0.1) is 0 Å². The van der Waals surface area contributed by atoms with Gasteiger partial charge in [0.1, 0.15) is 5.75 Å². The first-order valence-corrected chi connectivity index (χ1v) is 9.35. The Morgan fingerprint density at radius 2 is 1.75 bits per heavy atom. The van der Waals surface area contributed by atoms with Crippen LogP contribution in [0.4, 0.5) is 0 Å². The van der Waals surface area contributed by atoms with E-state index >= 15 is 0 Å². The molecule has 2 atom stereocenters. The van der Waals surface area contributed by atoms with E-state index in [9.17, 15) is 8.42 Å². The Labute approximate surface area is 129 Å². The van der Waals surface area contributed by atoms with Gasteiger partial charge in [-0.25, -0.2) is 8.42 Å². The van der Waals surface area contributed by atoms with Crippen LogP contribution in [0.25, 0.3) is 0 Å². The third-order valence-electron chi connectivity index (χ3n) is 3.61. The molecular formula is C14H18Cl2O3S. The summed E-state index contributed by atoms with van der Waals surface area (Å²) in [4.78, 5) is -0.0121. The highest BCUT2D eigenvalue weighted by molar-refractivity contribution is 8.13. The summed E-state index contributed by atoms with van der Waals surface area (Å²) in [5, 5.41) is 0.276. The maximum absolute atomic E-state index is 11.2. The fraction of sp³-hybridized carbons (Fsp3) is 0.571. The topological polar surface area (TPSA) is 43.4 Å². The van der Waals surface area contributed by atoms with Crippen molar-refractivity contribution in [2.24, 2.45) is 11.8 Å². The van der Waals surface area contributed by atoms with E-state index in [4.69, 9.17) is 27.0 Å². The SMILES string of the molecule is CC1CC(C)CC(Oc2ccc(S(=O)(=O)Cl)cc2Cl)C1. The molecular weight excluding hydrogens is 319 g/mol. The number of hydrogen-bond donors (Lipinski definition) is 0. The maximum atomic E-state index is 11.2. The Morgan fingerprint density at radius 1 is 1.15 bits per heavy atom. The van der Waals surface area contributed by atoms with Crippen molar-refractivity contribution in [1.82, 2.24) is 0 Å². The van der Waals surface area contributed by atoms with Crippen LogP contribution < -0.4 is 4.74 Å². The fourth-order valence-electron chi connectivity index (χ4n) is 2.88. The van der Waals surface area contributed by atoms with Gasteiger partial charge >= 0.3 is 0 Å². The molecule has 0 saturated heterocycles. The first-order valence-electron chi connectivity index (χ1n) is 6.66. The molecule has 0 N–H and O–H groups in total. The summed E-state index contributed by atoms with van der Waals surface area (Å²) in [6, 6.07) is 4.32. The number of ether oxygens (including phenoxy) is 1. The van der Waals surface area contributed by atoms with E-state index in [1.807, 2.05) is 0 Å². The van der Waals surface area contributed by atoms with Crippen molar-refractivity contribution in [3.8, 4) is 5.75 Å². The number of benzene rings is 1. The van der Waals surface area contributed by atoms with Crippen LogP contribution >= 0.6 is 22.3 Å². The number of halogens is 2. The zero-order valence-corrected chi connectivity index (χ0v) is 13.8. The first kappa shape index (κ1) is 15.9. The van der Waals surface area contributed by atoms with Gasteiger partial charge in [-0.3, -0.25) is 0 Å². The van der Waals surface area contributed by atoms with Crippen LogP contribution in [0.3, 0.4) is 0 Å². The summed E-state index contributed by atoms with van der Waals surface area (Å²) in [5.74, 6) is 1.78. The van der Waals surface area contributed by atoms with E-state index in [1.54, 1.807) is 6.07 Å². The second kappa shape index (κ2) is 6.12. The van der Waals surface area contributed by atoms with E-state index < -0.39 is 9.05 Å². The van der Waals surface area contributed by atoms with Crippen LogP contribution in [-0.2, 0) is 9.05 Å². The Hall–Kier alpha value is -0.450. The van der Waals surface area contributed by atoms with Gasteiger partial charge in [-0.2, -0.15) is 0 Å². The summed E-state index contributed by atoms with van der Waals surface area (Å²) in [6.45, 7) is 4.44. The molecule has 0 amide bonds. The smallest absolute Gasteiger partial charge is 0.261 e. The van der Waals surface area contributed by atoms with Crippen molar-refractivity contribution < 1.29 is 13.2 Å².